The zero-order valence-corrected chi connectivity index (χ0v) is 30.4. The normalized spacial score (nSPS) is 13.8. The van der Waals surface area contributed by atoms with Gasteiger partial charge in [0.1, 0.15) is 5.82 Å². The number of benzene rings is 6. The van der Waals surface area contributed by atoms with Gasteiger partial charge in [0.15, 0.2) is 14.2 Å². The van der Waals surface area contributed by atoms with E-state index in [1.54, 1.807) is 6.20 Å². The van der Waals surface area contributed by atoms with Crippen LogP contribution in [0.5, 0.6) is 0 Å². The second-order valence-corrected chi connectivity index (χ2v) is 18.3. The molecule has 9 aromatic rings. The van der Waals surface area contributed by atoms with Crippen LogP contribution in [0.1, 0.15) is 17.3 Å². The number of rotatable bonds is 6. The summed E-state index contributed by atoms with van der Waals surface area (Å²) < 4.78 is 19.6. The molecule has 6 aromatic carbocycles. The highest BCUT2D eigenvalue weighted by Crippen LogP contribution is 2.43. The summed E-state index contributed by atoms with van der Waals surface area (Å²) in [6.07, 6.45) is 2.25. The van der Waals surface area contributed by atoms with Gasteiger partial charge < -0.3 is 0 Å². The van der Waals surface area contributed by atoms with Gasteiger partial charge in [-0.15, -0.1) is 11.3 Å². The van der Waals surface area contributed by atoms with Crippen LogP contribution in [0.2, 0.25) is 0 Å². The highest BCUT2D eigenvalue weighted by molar-refractivity contribution is 7.26. The minimum absolute atomic E-state index is 0.593. The first kappa shape index (κ1) is 31.5. The van der Waals surface area contributed by atoms with Crippen LogP contribution in [0.3, 0.4) is 0 Å². The van der Waals surface area contributed by atoms with Crippen molar-refractivity contribution in [3.63, 3.8) is 0 Å². The summed E-state index contributed by atoms with van der Waals surface area (Å²) in [5.41, 5.74) is 4.93. The van der Waals surface area contributed by atoms with E-state index in [9.17, 15) is 0 Å². The van der Waals surface area contributed by atoms with Gasteiger partial charge in [0.05, 0.1) is 5.69 Å². The van der Waals surface area contributed by atoms with E-state index in [4.69, 9.17) is 4.98 Å². The highest BCUT2D eigenvalue weighted by Gasteiger charge is 2.49. The van der Waals surface area contributed by atoms with E-state index in [2.05, 4.69) is 125 Å². The molecule has 0 N–H and O–H groups in total. The molecule has 10 rings (SSSR count). The fraction of sp³-hybridized carbons (Fsp3) is 0.0213. The Morgan fingerprint density at radius 3 is 1.92 bits per heavy atom. The molecule has 1 atom stereocenters. The molecule has 1 aliphatic rings. The number of anilines is 3. The Hall–Kier alpha value is -6.21. The first-order valence-corrected chi connectivity index (χ1v) is 20.6. The standard InChI is InChI=1S/C47H32FN3SSi/c48-47(33-15-13-14-32(28-33)39-21-9-11-26-49-39)34-24-25-44-40(29-34)51(46-23-10-12-27-50-46)41-31-43-38(37-20-7-8-22-42(37)52-43)30-45(41)53(44,35-16-3-1-4-17-35)36-18-5-2-6-19-36/h1-31,47H. The van der Waals surface area contributed by atoms with Gasteiger partial charge in [-0.3, -0.25) is 9.88 Å². The number of hydrogen-bond acceptors (Lipinski definition) is 4. The van der Waals surface area contributed by atoms with Crippen LogP contribution < -0.4 is 25.6 Å². The number of thiophene rings is 1. The summed E-state index contributed by atoms with van der Waals surface area (Å²) in [7, 11) is -3.01. The molecule has 0 saturated heterocycles. The van der Waals surface area contributed by atoms with E-state index < -0.39 is 14.2 Å². The van der Waals surface area contributed by atoms with Crippen molar-refractivity contribution >= 4 is 77.5 Å². The molecule has 0 fully saturated rings. The topological polar surface area (TPSA) is 29.0 Å². The van der Waals surface area contributed by atoms with Crippen molar-refractivity contribution in [2.45, 2.75) is 6.17 Å². The van der Waals surface area contributed by atoms with Crippen molar-refractivity contribution < 1.29 is 4.39 Å². The van der Waals surface area contributed by atoms with Crippen molar-refractivity contribution in [1.29, 1.82) is 0 Å². The van der Waals surface area contributed by atoms with Gasteiger partial charge in [-0.05, 0) is 80.4 Å². The third-order valence-corrected chi connectivity index (χ3v) is 16.5. The molecule has 0 amide bonds. The predicted octanol–water partition coefficient (Wildman–Crippen LogP) is 9.73. The Morgan fingerprint density at radius 2 is 1.19 bits per heavy atom. The Kier molecular flexibility index (Phi) is 7.60. The Morgan fingerprint density at radius 1 is 0.509 bits per heavy atom. The van der Waals surface area contributed by atoms with E-state index >= 15 is 4.39 Å². The fourth-order valence-corrected chi connectivity index (χ4v) is 14.4. The van der Waals surface area contributed by atoms with Gasteiger partial charge in [-0.25, -0.2) is 9.37 Å². The van der Waals surface area contributed by atoms with Crippen molar-refractivity contribution in [2.24, 2.45) is 0 Å². The molecule has 1 unspecified atom stereocenters. The van der Waals surface area contributed by atoms with Crippen LogP contribution >= 0.6 is 11.3 Å². The first-order valence-electron chi connectivity index (χ1n) is 17.8. The number of fused-ring (bicyclic) bond motifs is 5. The molecular formula is C47H32FN3SSi. The van der Waals surface area contributed by atoms with Crippen molar-refractivity contribution in [1.82, 2.24) is 9.97 Å². The van der Waals surface area contributed by atoms with Crippen LogP contribution in [0.25, 0.3) is 31.4 Å². The number of aromatic nitrogens is 2. The van der Waals surface area contributed by atoms with Crippen LogP contribution in [0.15, 0.2) is 188 Å². The summed E-state index contributed by atoms with van der Waals surface area (Å²) in [6.45, 7) is 0. The fourth-order valence-electron chi connectivity index (χ4n) is 8.21. The first-order chi connectivity index (χ1) is 26.2. The number of nitrogens with zero attached hydrogens (tertiary/aromatic N) is 3. The zero-order chi connectivity index (χ0) is 35.4. The number of alkyl halides is 1. The third kappa shape index (κ3) is 5.05. The molecule has 0 aliphatic carbocycles. The van der Waals surface area contributed by atoms with E-state index in [0.29, 0.717) is 11.1 Å². The largest absolute Gasteiger partial charge is 0.295 e. The molecule has 3 aromatic heterocycles. The van der Waals surface area contributed by atoms with E-state index in [-0.39, 0.29) is 0 Å². The number of hydrogen-bond donors (Lipinski definition) is 0. The maximum Gasteiger partial charge on any atom is 0.184 e. The lowest BCUT2D eigenvalue weighted by molar-refractivity contribution is 0.402. The lowest BCUT2D eigenvalue weighted by atomic mass is 9.99. The minimum Gasteiger partial charge on any atom is -0.295 e. The van der Waals surface area contributed by atoms with Crippen molar-refractivity contribution in [3.05, 3.63) is 199 Å². The van der Waals surface area contributed by atoms with Gasteiger partial charge in [0, 0.05) is 49.5 Å². The van der Waals surface area contributed by atoms with Gasteiger partial charge in [0.2, 0.25) is 0 Å². The summed E-state index contributed by atoms with van der Waals surface area (Å²) in [6, 6.07) is 61.2. The lowest BCUT2D eigenvalue weighted by Crippen LogP contribution is -2.77. The van der Waals surface area contributed by atoms with Crippen molar-refractivity contribution in [3.8, 4) is 11.3 Å². The van der Waals surface area contributed by atoms with E-state index in [1.807, 2.05) is 78.2 Å². The van der Waals surface area contributed by atoms with Crippen LogP contribution in [-0.2, 0) is 0 Å². The maximum atomic E-state index is 17.1. The molecule has 0 spiro atoms. The number of halogens is 1. The molecule has 4 heterocycles. The van der Waals surface area contributed by atoms with Gasteiger partial charge in [0.25, 0.3) is 0 Å². The smallest absolute Gasteiger partial charge is 0.184 e. The molecule has 252 valence electrons. The quantitative estimate of drug-likeness (QED) is 0.161. The van der Waals surface area contributed by atoms with Crippen LogP contribution in [0, 0.1) is 0 Å². The molecule has 1 aliphatic heterocycles. The highest BCUT2D eigenvalue weighted by atomic mass is 32.1. The summed E-state index contributed by atoms with van der Waals surface area (Å²) >= 11 is 1.81. The molecule has 53 heavy (non-hydrogen) atoms. The maximum absolute atomic E-state index is 17.1. The Labute approximate surface area is 312 Å². The number of pyridine rings is 2. The summed E-state index contributed by atoms with van der Waals surface area (Å²) in [5.74, 6) is 0.795. The lowest BCUT2D eigenvalue weighted by Gasteiger charge is -2.45. The van der Waals surface area contributed by atoms with E-state index in [1.165, 1.54) is 40.9 Å². The SMILES string of the molecule is FC(c1cccc(-c2ccccn2)c1)c1ccc2c(c1)N(c1ccccn1)c1cc3sc4ccccc4c3cc1[Si]2(c1ccccc1)c1ccccc1. The molecule has 3 nitrogen and oxygen atoms in total. The van der Waals surface area contributed by atoms with Crippen LogP contribution in [0.4, 0.5) is 21.6 Å². The third-order valence-electron chi connectivity index (χ3n) is 10.5. The van der Waals surface area contributed by atoms with Gasteiger partial charge >= 0.3 is 0 Å². The predicted molar refractivity (Wildman–Crippen MR) is 222 cm³/mol. The molecule has 0 saturated carbocycles. The summed E-state index contributed by atoms with van der Waals surface area (Å²) in [4.78, 5) is 11.7. The van der Waals surface area contributed by atoms with Gasteiger partial charge in [-0.1, -0.05) is 127 Å². The zero-order valence-electron chi connectivity index (χ0n) is 28.6. The van der Waals surface area contributed by atoms with E-state index in [0.717, 1.165) is 28.5 Å². The average Bonchev–Trinajstić information content (AvgIpc) is 3.60. The molecule has 0 radical (unpaired) electrons. The summed E-state index contributed by atoms with van der Waals surface area (Å²) in [5, 5.41) is 7.56. The Bertz CT molecular complexity index is 2720. The monoisotopic (exact) mass is 717 g/mol. The molecule has 6 heteroatoms. The second-order valence-electron chi connectivity index (χ2n) is 13.4. The molecule has 0 bridgehead atoms. The Balaban J connectivity index is 1.28. The van der Waals surface area contributed by atoms with Gasteiger partial charge in [-0.2, -0.15) is 0 Å². The molecular weight excluding hydrogens is 686 g/mol. The minimum atomic E-state index is -3.01. The van der Waals surface area contributed by atoms with Crippen molar-refractivity contribution in [2.75, 3.05) is 4.90 Å². The average molecular weight is 718 g/mol. The van der Waals surface area contributed by atoms with Crippen LogP contribution in [-0.4, -0.2) is 18.0 Å². The second kappa shape index (κ2) is 12.8.